The fraction of sp³-hybridized carbons (Fsp3) is 0. The van der Waals surface area contributed by atoms with Crippen LogP contribution in [0.2, 0.25) is 0 Å². The molecule has 0 unspecified atom stereocenters. The maximum Gasteiger partial charge on any atom is 0.173 e. The molecule has 0 saturated carbocycles. The maximum atomic E-state index is 5.33. The van der Waals surface area contributed by atoms with Crippen molar-refractivity contribution in [2.75, 3.05) is 0 Å². The predicted molar refractivity (Wildman–Crippen MR) is 29.8 cm³/mol. The minimum atomic E-state index is 0.207. The first-order valence-corrected chi connectivity index (χ1v) is 2.18. The molecule has 0 radical (unpaired) electrons. The number of hydrogen-bond donors (Lipinski definition) is 1. The normalized spacial score (nSPS) is 16.9. The highest BCUT2D eigenvalue weighted by atomic mass is 35.5. The van der Waals surface area contributed by atoms with Crippen LogP contribution in [0.3, 0.4) is 0 Å². The second kappa shape index (κ2) is 2.37. The Hall–Kier alpha value is -0.970. The SMILES string of the molecule is ClC1=NN=NNN=C1. The van der Waals surface area contributed by atoms with Gasteiger partial charge in [0, 0.05) is 0 Å². The zero-order valence-electron chi connectivity index (χ0n) is 3.74. The largest absolute Gasteiger partial charge is 0.178 e. The fourth-order valence-corrected chi connectivity index (χ4v) is 0.301. The second-order valence-electron chi connectivity index (χ2n) is 0.970. The van der Waals surface area contributed by atoms with Crippen LogP contribution in [0.5, 0.6) is 0 Å². The van der Waals surface area contributed by atoms with Crippen molar-refractivity contribution in [1.29, 1.82) is 0 Å². The molecule has 6 heteroatoms. The maximum absolute atomic E-state index is 5.33. The lowest BCUT2D eigenvalue weighted by Crippen LogP contribution is -1.92. The van der Waals surface area contributed by atoms with E-state index in [-0.39, 0.29) is 5.17 Å². The van der Waals surface area contributed by atoms with Gasteiger partial charge >= 0.3 is 0 Å². The summed E-state index contributed by atoms with van der Waals surface area (Å²) < 4.78 is 0. The summed E-state index contributed by atoms with van der Waals surface area (Å²) in [7, 11) is 0. The Morgan fingerprint density at radius 2 is 2.50 bits per heavy atom. The summed E-state index contributed by atoms with van der Waals surface area (Å²) >= 11 is 5.33. The van der Waals surface area contributed by atoms with E-state index >= 15 is 0 Å². The molecule has 1 aliphatic rings. The van der Waals surface area contributed by atoms with E-state index in [2.05, 4.69) is 26.2 Å². The van der Waals surface area contributed by atoms with Crippen LogP contribution in [0.1, 0.15) is 0 Å². The quantitative estimate of drug-likeness (QED) is 0.511. The molecule has 0 aliphatic carbocycles. The van der Waals surface area contributed by atoms with E-state index in [1.165, 1.54) is 6.21 Å². The van der Waals surface area contributed by atoms with E-state index < -0.39 is 0 Å². The topological polar surface area (TPSA) is 61.5 Å². The van der Waals surface area contributed by atoms with Gasteiger partial charge in [-0.05, 0) is 10.4 Å². The summed E-state index contributed by atoms with van der Waals surface area (Å²) in [5.41, 5.74) is 2.21. The van der Waals surface area contributed by atoms with E-state index in [0.717, 1.165) is 0 Å². The van der Waals surface area contributed by atoms with Crippen LogP contribution in [0.4, 0.5) is 0 Å². The van der Waals surface area contributed by atoms with Gasteiger partial charge in [-0.15, -0.1) is 5.10 Å². The fourth-order valence-electron chi connectivity index (χ4n) is 0.219. The summed E-state index contributed by atoms with van der Waals surface area (Å²) in [6.07, 6.45) is 1.31. The van der Waals surface area contributed by atoms with Crippen LogP contribution in [0.15, 0.2) is 20.6 Å². The van der Waals surface area contributed by atoms with Crippen LogP contribution in [0.25, 0.3) is 0 Å². The molecule has 0 fully saturated rings. The minimum Gasteiger partial charge on any atom is -0.178 e. The van der Waals surface area contributed by atoms with Gasteiger partial charge in [-0.1, -0.05) is 11.6 Å². The molecular formula is C2H2ClN5. The van der Waals surface area contributed by atoms with E-state index in [0.29, 0.717) is 0 Å². The molecule has 0 amide bonds. The highest BCUT2D eigenvalue weighted by Crippen LogP contribution is 1.86. The van der Waals surface area contributed by atoms with E-state index in [4.69, 9.17) is 11.6 Å². The van der Waals surface area contributed by atoms with Crippen molar-refractivity contribution in [2.24, 2.45) is 20.6 Å². The molecule has 0 aromatic heterocycles. The predicted octanol–water partition coefficient (Wildman–Crippen LogP) is 0.495. The molecule has 1 aliphatic heterocycles. The van der Waals surface area contributed by atoms with Crippen molar-refractivity contribution in [3.63, 3.8) is 0 Å². The van der Waals surface area contributed by atoms with Gasteiger partial charge in [-0.25, -0.2) is 0 Å². The Morgan fingerprint density at radius 1 is 1.62 bits per heavy atom. The molecule has 0 bridgehead atoms. The van der Waals surface area contributed by atoms with Gasteiger partial charge < -0.3 is 0 Å². The molecule has 0 aromatic carbocycles. The van der Waals surface area contributed by atoms with Crippen LogP contribution in [-0.2, 0) is 0 Å². The van der Waals surface area contributed by atoms with Gasteiger partial charge in [0.05, 0.1) is 6.21 Å². The highest BCUT2D eigenvalue weighted by molar-refractivity contribution is 6.79. The number of nitrogens with one attached hydrogen (secondary N) is 1. The molecule has 0 saturated heterocycles. The monoisotopic (exact) mass is 131 g/mol. The number of hydrazone groups is 1. The van der Waals surface area contributed by atoms with Gasteiger partial charge in [-0.2, -0.15) is 10.6 Å². The first-order valence-electron chi connectivity index (χ1n) is 1.81. The van der Waals surface area contributed by atoms with E-state index in [9.17, 15) is 0 Å². The Labute approximate surface area is 50.1 Å². The third-order valence-corrected chi connectivity index (χ3v) is 0.632. The molecule has 1 heterocycles. The lowest BCUT2D eigenvalue weighted by Gasteiger charge is -1.75. The first kappa shape index (κ1) is 5.17. The number of nitrogens with zero attached hydrogens (tertiary/aromatic N) is 4. The Kier molecular flexibility index (Phi) is 1.53. The third-order valence-electron chi connectivity index (χ3n) is 0.459. The zero-order chi connectivity index (χ0) is 5.82. The van der Waals surface area contributed by atoms with Crippen LogP contribution >= 0.6 is 11.6 Å². The molecule has 0 atom stereocenters. The number of rotatable bonds is 0. The van der Waals surface area contributed by atoms with E-state index in [1.807, 2.05) is 0 Å². The number of hydrogen-bond acceptors (Lipinski definition) is 5. The molecule has 8 heavy (non-hydrogen) atoms. The molecule has 0 aromatic rings. The molecule has 1 rings (SSSR count). The van der Waals surface area contributed by atoms with Gasteiger partial charge in [0.1, 0.15) is 0 Å². The summed E-state index contributed by atoms with van der Waals surface area (Å²) in [5, 5.41) is 13.4. The lowest BCUT2D eigenvalue weighted by atomic mass is 10.8. The zero-order valence-corrected chi connectivity index (χ0v) is 4.50. The van der Waals surface area contributed by atoms with Crippen LogP contribution in [-0.4, -0.2) is 11.4 Å². The molecule has 5 nitrogen and oxygen atoms in total. The molecule has 42 valence electrons. The van der Waals surface area contributed by atoms with Crippen LogP contribution in [0, 0.1) is 0 Å². The highest BCUT2D eigenvalue weighted by Gasteiger charge is 1.87. The summed E-state index contributed by atoms with van der Waals surface area (Å²) in [4.78, 5) is 0. The Balaban J connectivity index is 2.73. The summed E-state index contributed by atoms with van der Waals surface area (Å²) in [5.74, 6) is 0. The lowest BCUT2D eigenvalue weighted by molar-refractivity contribution is 0.733. The smallest absolute Gasteiger partial charge is 0.173 e. The first-order chi connectivity index (χ1) is 3.89. The van der Waals surface area contributed by atoms with Gasteiger partial charge in [0.25, 0.3) is 0 Å². The minimum absolute atomic E-state index is 0.207. The van der Waals surface area contributed by atoms with Crippen molar-refractivity contribution >= 4 is 23.0 Å². The Bertz CT molecular complexity index is 158. The van der Waals surface area contributed by atoms with Crippen molar-refractivity contribution < 1.29 is 0 Å². The second-order valence-corrected chi connectivity index (χ2v) is 1.36. The van der Waals surface area contributed by atoms with Crippen molar-refractivity contribution in [2.45, 2.75) is 0 Å². The van der Waals surface area contributed by atoms with Crippen LogP contribution < -0.4 is 5.53 Å². The summed E-state index contributed by atoms with van der Waals surface area (Å²) in [6, 6.07) is 0. The summed E-state index contributed by atoms with van der Waals surface area (Å²) in [6.45, 7) is 0. The Morgan fingerprint density at radius 3 is 3.38 bits per heavy atom. The van der Waals surface area contributed by atoms with E-state index in [1.54, 1.807) is 0 Å². The van der Waals surface area contributed by atoms with Crippen molar-refractivity contribution in [3.05, 3.63) is 0 Å². The van der Waals surface area contributed by atoms with Gasteiger partial charge in [-0.3, -0.25) is 0 Å². The molecular weight excluding hydrogens is 130 g/mol. The third kappa shape index (κ3) is 1.27. The standard InChI is InChI=1S/C2H2ClN5/c3-2-1-4-6-8-7-5-2/h1H,(H,6,7). The average Bonchev–Trinajstić information content (AvgIpc) is 1.94. The average molecular weight is 132 g/mol. The molecule has 1 N–H and O–H groups in total. The van der Waals surface area contributed by atoms with Gasteiger partial charge in [0.15, 0.2) is 5.17 Å². The van der Waals surface area contributed by atoms with Gasteiger partial charge in [0.2, 0.25) is 0 Å². The molecule has 0 spiro atoms. The number of halogens is 1. The van der Waals surface area contributed by atoms with Crippen molar-refractivity contribution in [3.8, 4) is 0 Å². The van der Waals surface area contributed by atoms with Crippen molar-refractivity contribution in [1.82, 2.24) is 5.53 Å².